The second-order valence-electron chi connectivity index (χ2n) is 6.33. The van der Waals surface area contributed by atoms with Crippen molar-refractivity contribution in [2.45, 2.75) is 23.6 Å². The van der Waals surface area contributed by atoms with Crippen LogP contribution in [0.25, 0.3) is 0 Å². The molecule has 0 fully saturated rings. The predicted octanol–water partition coefficient (Wildman–Crippen LogP) is 4.32. The molecule has 0 saturated carbocycles. The Balaban J connectivity index is 1.63. The van der Waals surface area contributed by atoms with Gasteiger partial charge in [-0.15, -0.1) is 10.2 Å². The monoisotopic (exact) mass is 401 g/mol. The van der Waals surface area contributed by atoms with E-state index in [0.29, 0.717) is 28.9 Å². The molecule has 1 atom stereocenters. The smallest absolute Gasteiger partial charge is 0.201 e. The van der Waals surface area contributed by atoms with Crippen LogP contribution in [0, 0.1) is 0 Å². The van der Waals surface area contributed by atoms with Crippen molar-refractivity contribution >= 4 is 27.3 Å². The van der Waals surface area contributed by atoms with Gasteiger partial charge in [0.2, 0.25) is 9.84 Å². The lowest BCUT2D eigenvalue weighted by molar-refractivity contribution is 0.589. The number of nitrogens with one attached hydrogen (secondary N) is 1. The highest BCUT2D eigenvalue weighted by atomic mass is 35.5. The van der Waals surface area contributed by atoms with Gasteiger partial charge in [0, 0.05) is 11.6 Å². The Morgan fingerprint density at radius 1 is 0.963 bits per heavy atom. The molecule has 0 aliphatic carbocycles. The number of hydrogen-bond acceptors (Lipinski definition) is 5. The molecule has 3 aromatic rings. The zero-order valence-corrected chi connectivity index (χ0v) is 16.4. The van der Waals surface area contributed by atoms with Crippen LogP contribution in [0.3, 0.4) is 0 Å². The van der Waals surface area contributed by atoms with Gasteiger partial charge in [0.1, 0.15) is 5.82 Å². The maximum absolute atomic E-state index is 12.5. The van der Waals surface area contributed by atoms with E-state index in [0.717, 1.165) is 0 Å². The lowest BCUT2D eigenvalue weighted by atomic mass is 10.0. The summed E-state index contributed by atoms with van der Waals surface area (Å²) in [5, 5.41) is 11.6. The van der Waals surface area contributed by atoms with Gasteiger partial charge in [0.05, 0.1) is 5.75 Å². The van der Waals surface area contributed by atoms with E-state index in [2.05, 4.69) is 34.6 Å². The second-order valence-corrected chi connectivity index (χ2v) is 8.71. The number of hydrogen-bond donors (Lipinski definition) is 1. The van der Waals surface area contributed by atoms with Crippen LogP contribution in [0.2, 0.25) is 5.02 Å². The van der Waals surface area contributed by atoms with Gasteiger partial charge in [0.15, 0.2) is 5.03 Å². The molecule has 0 spiro atoms. The lowest BCUT2D eigenvalue weighted by Crippen LogP contribution is -2.13. The van der Waals surface area contributed by atoms with Crippen molar-refractivity contribution in [3.05, 3.63) is 82.9 Å². The van der Waals surface area contributed by atoms with Crippen LogP contribution < -0.4 is 5.32 Å². The molecule has 0 amide bonds. The zero-order valence-electron chi connectivity index (χ0n) is 14.8. The highest BCUT2D eigenvalue weighted by Gasteiger charge is 2.18. The summed E-state index contributed by atoms with van der Waals surface area (Å²) in [6.45, 7) is 2.79. The molecular formula is C20H20ClN3O2S. The molecule has 3 rings (SSSR count). The maximum atomic E-state index is 12.5. The molecule has 5 nitrogen and oxygen atoms in total. The quantitative estimate of drug-likeness (QED) is 0.638. The maximum Gasteiger partial charge on any atom is 0.201 e. The molecule has 0 bridgehead atoms. The van der Waals surface area contributed by atoms with E-state index in [1.54, 1.807) is 30.3 Å². The summed E-state index contributed by atoms with van der Waals surface area (Å²) in [5.41, 5.74) is 1.88. The van der Waals surface area contributed by atoms with Gasteiger partial charge in [-0.25, -0.2) is 8.42 Å². The third-order valence-electron chi connectivity index (χ3n) is 4.19. The molecule has 0 saturated heterocycles. The normalized spacial score (nSPS) is 12.5. The number of anilines is 1. The molecule has 0 unspecified atom stereocenters. The number of sulfone groups is 1. The minimum absolute atomic E-state index is 0.0425. The third kappa shape index (κ3) is 5.28. The molecule has 1 N–H and O–H groups in total. The first-order chi connectivity index (χ1) is 12.9. The van der Waals surface area contributed by atoms with Gasteiger partial charge in [-0.1, -0.05) is 61.0 Å². The summed E-state index contributed by atoms with van der Waals surface area (Å²) < 4.78 is 25.0. The highest BCUT2D eigenvalue weighted by Crippen LogP contribution is 2.18. The number of rotatable bonds is 7. The molecule has 1 heterocycles. The fourth-order valence-corrected chi connectivity index (χ4v) is 3.96. The van der Waals surface area contributed by atoms with Gasteiger partial charge >= 0.3 is 0 Å². The largest absolute Gasteiger partial charge is 0.368 e. The summed E-state index contributed by atoms with van der Waals surface area (Å²) in [5.74, 6) is 0.695. The van der Waals surface area contributed by atoms with Gasteiger partial charge in [-0.3, -0.25) is 0 Å². The Labute approximate surface area is 164 Å². The number of nitrogens with zero attached hydrogens (tertiary/aromatic N) is 2. The topological polar surface area (TPSA) is 72.0 Å². The molecule has 0 aliphatic heterocycles. The molecule has 1 aromatic heterocycles. The summed E-state index contributed by atoms with van der Waals surface area (Å²) in [6.07, 6.45) is 0. The lowest BCUT2D eigenvalue weighted by Gasteiger charge is -2.13. The van der Waals surface area contributed by atoms with Crippen molar-refractivity contribution in [3.63, 3.8) is 0 Å². The molecule has 140 valence electrons. The van der Waals surface area contributed by atoms with Crippen LogP contribution in [-0.4, -0.2) is 25.2 Å². The second kappa shape index (κ2) is 8.50. The minimum atomic E-state index is -3.56. The van der Waals surface area contributed by atoms with Crippen LogP contribution in [-0.2, 0) is 15.6 Å². The van der Waals surface area contributed by atoms with E-state index in [-0.39, 0.29) is 10.8 Å². The Morgan fingerprint density at radius 2 is 1.67 bits per heavy atom. The average molecular weight is 402 g/mol. The molecule has 0 aliphatic rings. The first kappa shape index (κ1) is 19.3. The van der Waals surface area contributed by atoms with E-state index in [9.17, 15) is 8.42 Å². The summed E-state index contributed by atoms with van der Waals surface area (Å²) in [7, 11) is -3.56. The SMILES string of the molecule is C[C@@H](CNc1ccc(S(=O)(=O)Cc2ccc(Cl)cc2)nn1)c1ccccc1. The third-order valence-corrected chi connectivity index (χ3v) is 6.01. The van der Waals surface area contributed by atoms with Crippen molar-refractivity contribution in [3.8, 4) is 0 Å². The van der Waals surface area contributed by atoms with Crippen LogP contribution in [0.4, 0.5) is 5.82 Å². The van der Waals surface area contributed by atoms with Crippen molar-refractivity contribution in [2.24, 2.45) is 0 Å². The molecule has 7 heteroatoms. The van der Waals surface area contributed by atoms with Crippen molar-refractivity contribution < 1.29 is 8.42 Å². The Bertz CT molecular complexity index is 976. The van der Waals surface area contributed by atoms with E-state index in [1.165, 1.54) is 11.6 Å². The zero-order chi connectivity index (χ0) is 19.3. The summed E-state index contributed by atoms with van der Waals surface area (Å²) in [4.78, 5) is 0. The van der Waals surface area contributed by atoms with Gasteiger partial charge in [0.25, 0.3) is 0 Å². The van der Waals surface area contributed by atoms with Gasteiger partial charge < -0.3 is 5.32 Å². The fraction of sp³-hybridized carbons (Fsp3) is 0.200. The van der Waals surface area contributed by atoms with E-state index in [4.69, 9.17) is 11.6 Å². The van der Waals surface area contributed by atoms with Crippen LogP contribution in [0.1, 0.15) is 24.0 Å². The molecular weight excluding hydrogens is 382 g/mol. The predicted molar refractivity (Wildman–Crippen MR) is 108 cm³/mol. The average Bonchev–Trinajstić information content (AvgIpc) is 2.69. The summed E-state index contributed by atoms with van der Waals surface area (Å²) >= 11 is 5.83. The van der Waals surface area contributed by atoms with E-state index >= 15 is 0 Å². The van der Waals surface area contributed by atoms with E-state index < -0.39 is 9.84 Å². The first-order valence-corrected chi connectivity index (χ1v) is 10.6. The van der Waals surface area contributed by atoms with Crippen LogP contribution in [0.5, 0.6) is 0 Å². The summed E-state index contributed by atoms with van der Waals surface area (Å²) in [6, 6.07) is 20.0. The van der Waals surface area contributed by atoms with Crippen molar-refractivity contribution in [2.75, 3.05) is 11.9 Å². The number of benzene rings is 2. The standard InChI is InChI=1S/C20H20ClN3O2S/c1-15(17-5-3-2-4-6-17)13-22-19-11-12-20(24-23-19)27(25,26)14-16-7-9-18(21)10-8-16/h2-12,15H,13-14H2,1H3,(H,22,23)/t15-/m0/s1. The number of aromatic nitrogens is 2. The van der Waals surface area contributed by atoms with Gasteiger partial charge in [-0.2, -0.15) is 0 Å². The Morgan fingerprint density at radius 3 is 2.30 bits per heavy atom. The van der Waals surface area contributed by atoms with E-state index in [1.807, 2.05) is 18.2 Å². The van der Waals surface area contributed by atoms with Crippen molar-refractivity contribution in [1.82, 2.24) is 10.2 Å². The first-order valence-electron chi connectivity index (χ1n) is 8.54. The van der Waals surface area contributed by atoms with Crippen LogP contribution >= 0.6 is 11.6 Å². The van der Waals surface area contributed by atoms with Crippen LogP contribution in [0.15, 0.2) is 71.8 Å². The Kier molecular flexibility index (Phi) is 6.08. The van der Waals surface area contributed by atoms with Gasteiger partial charge in [-0.05, 0) is 41.3 Å². The highest BCUT2D eigenvalue weighted by molar-refractivity contribution is 7.90. The Hall–Kier alpha value is -2.44. The minimum Gasteiger partial charge on any atom is -0.368 e. The molecule has 0 radical (unpaired) electrons. The fourth-order valence-electron chi connectivity index (χ4n) is 2.61. The molecule has 27 heavy (non-hydrogen) atoms. The number of halogens is 1. The van der Waals surface area contributed by atoms with Crippen molar-refractivity contribution in [1.29, 1.82) is 0 Å². The molecule has 2 aromatic carbocycles.